The Morgan fingerprint density at radius 2 is 2.08 bits per heavy atom. The van der Waals surface area contributed by atoms with Gasteiger partial charge >= 0.3 is 0 Å². The minimum atomic E-state index is -3.13. The van der Waals surface area contributed by atoms with Crippen LogP contribution in [0.15, 0.2) is 0 Å². The van der Waals surface area contributed by atoms with Crippen molar-refractivity contribution in [1.82, 2.24) is 4.31 Å². The van der Waals surface area contributed by atoms with Gasteiger partial charge in [0.1, 0.15) is 5.25 Å². The quantitative estimate of drug-likeness (QED) is 0.675. The van der Waals surface area contributed by atoms with Crippen LogP contribution in [-0.2, 0) is 14.8 Å². The van der Waals surface area contributed by atoms with Crippen molar-refractivity contribution < 1.29 is 13.2 Å². The van der Waals surface area contributed by atoms with Gasteiger partial charge < -0.3 is 4.74 Å². The summed E-state index contributed by atoms with van der Waals surface area (Å²) in [7, 11) is -1.51. The molecule has 5 heteroatoms. The summed E-state index contributed by atoms with van der Waals surface area (Å²) in [4.78, 5) is 0. The number of rotatable bonds is 3. The van der Waals surface area contributed by atoms with Gasteiger partial charge in [0.05, 0.1) is 6.61 Å². The van der Waals surface area contributed by atoms with Gasteiger partial charge in [0.2, 0.25) is 10.0 Å². The second-order valence-electron chi connectivity index (χ2n) is 3.64. The van der Waals surface area contributed by atoms with Gasteiger partial charge in [0.15, 0.2) is 0 Å². The molecule has 1 saturated heterocycles. The van der Waals surface area contributed by atoms with Crippen molar-refractivity contribution in [2.24, 2.45) is 0 Å². The zero-order chi connectivity index (χ0) is 10.1. The molecule has 1 atom stereocenters. The van der Waals surface area contributed by atoms with E-state index in [4.69, 9.17) is 4.74 Å². The third kappa shape index (κ3) is 2.21. The van der Waals surface area contributed by atoms with E-state index in [1.807, 2.05) is 13.8 Å². The van der Waals surface area contributed by atoms with Gasteiger partial charge in [-0.1, -0.05) is 0 Å². The molecule has 1 aliphatic rings. The van der Waals surface area contributed by atoms with Crippen LogP contribution >= 0.6 is 0 Å². The molecule has 4 nitrogen and oxygen atoms in total. The van der Waals surface area contributed by atoms with E-state index in [0.717, 1.165) is 0 Å². The molecule has 0 aromatic rings. The van der Waals surface area contributed by atoms with E-state index >= 15 is 0 Å². The predicted molar refractivity (Wildman–Crippen MR) is 51.0 cm³/mol. The maximum atomic E-state index is 11.8. The SMILES string of the molecule is CC(C)N(C)S(=O)(=O)C1CCOC1. The molecule has 0 N–H and O–H groups in total. The van der Waals surface area contributed by atoms with Crippen molar-refractivity contribution in [2.75, 3.05) is 20.3 Å². The lowest BCUT2D eigenvalue weighted by atomic mass is 10.4. The molecular formula is C8H17NO3S. The van der Waals surface area contributed by atoms with Crippen molar-refractivity contribution in [3.05, 3.63) is 0 Å². The zero-order valence-electron chi connectivity index (χ0n) is 8.36. The standard InChI is InChI=1S/C8H17NO3S/c1-7(2)9(3)13(10,11)8-4-5-12-6-8/h7-8H,4-6H2,1-3H3. The first-order valence-corrected chi connectivity index (χ1v) is 6.01. The van der Waals surface area contributed by atoms with Crippen LogP contribution < -0.4 is 0 Å². The fourth-order valence-electron chi connectivity index (χ4n) is 1.28. The fourth-order valence-corrected chi connectivity index (χ4v) is 3.00. The smallest absolute Gasteiger partial charge is 0.219 e. The second-order valence-corrected chi connectivity index (χ2v) is 5.91. The fraction of sp³-hybridized carbons (Fsp3) is 1.00. The molecule has 1 aliphatic heterocycles. The topological polar surface area (TPSA) is 46.6 Å². The number of ether oxygens (including phenoxy) is 1. The van der Waals surface area contributed by atoms with Crippen LogP contribution in [0.25, 0.3) is 0 Å². The summed E-state index contributed by atoms with van der Waals surface area (Å²) in [5.41, 5.74) is 0. The molecule has 0 aliphatic carbocycles. The first-order chi connectivity index (χ1) is 5.96. The van der Waals surface area contributed by atoms with Crippen LogP contribution in [0.3, 0.4) is 0 Å². The largest absolute Gasteiger partial charge is 0.380 e. The molecule has 0 aromatic heterocycles. The van der Waals surface area contributed by atoms with Crippen molar-refractivity contribution in [3.63, 3.8) is 0 Å². The summed E-state index contributed by atoms with van der Waals surface area (Å²) in [6, 6.07) is 0.0191. The molecule has 78 valence electrons. The van der Waals surface area contributed by atoms with Crippen molar-refractivity contribution >= 4 is 10.0 Å². The molecule has 1 fully saturated rings. The van der Waals surface area contributed by atoms with Gasteiger partial charge in [-0.25, -0.2) is 12.7 Å². The molecule has 13 heavy (non-hydrogen) atoms. The van der Waals surface area contributed by atoms with Crippen LogP contribution in [0, 0.1) is 0 Å². The van der Waals surface area contributed by atoms with E-state index < -0.39 is 10.0 Å². The molecule has 1 heterocycles. The highest BCUT2D eigenvalue weighted by molar-refractivity contribution is 7.89. The van der Waals surface area contributed by atoms with Gasteiger partial charge in [0, 0.05) is 19.7 Å². The number of hydrogen-bond donors (Lipinski definition) is 0. The number of sulfonamides is 1. The summed E-state index contributed by atoms with van der Waals surface area (Å²) < 4.78 is 30.1. The molecule has 0 saturated carbocycles. The van der Waals surface area contributed by atoms with Gasteiger partial charge in [-0.3, -0.25) is 0 Å². The van der Waals surface area contributed by atoms with Crippen molar-refractivity contribution in [1.29, 1.82) is 0 Å². The molecule has 0 amide bonds. The average molecular weight is 207 g/mol. The number of hydrogen-bond acceptors (Lipinski definition) is 3. The summed E-state index contributed by atoms with van der Waals surface area (Å²) in [5.74, 6) is 0. The predicted octanol–water partition coefficient (Wildman–Crippen LogP) is 0.445. The Bertz CT molecular complexity index is 247. The van der Waals surface area contributed by atoms with Crippen molar-refractivity contribution in [3.8, 4) is 0 Å². The van der Waals surface area contributed by atoms with E-state index in [-0.39, 0.29) is 11.3 Å². The average Bonchev–Trinajstić information content (AvgIpc) is 2.54. The number of nitrogens with zero attached hydrogens (tertiary/aromatic N) is 1. The van der Waals surface area contributed by atoms with Gasteiger partial charge in [-0.05, 0) is 20.3 Å². The molecule has 1 unspecified atom stereocenters. The summed E-state index contributed by atoms with van der Waals surface area (Å²) in [6.07, 6.45) is 0.624. The van der Waals surface area contributed by atoms with E-state index in [1.165, 1.54) is 4.31 Å². The zero-order valence-corrected chi connectivity index (χ0v) is 9.17. The minimum absolute atomic E-state index is 0.0191. The highest BCUT2D eigenvalue weighted by Crippen LogP contribution is 2.18. The van der Waals surface area contributed by atoms with Crippen LogP contribution in [-0.4, -0.2) is 44.3 Å². The Balaban J connectivity index is 2.75. The third-order valence-corrected chi connectivity index (χ3v) is 4.88. The Morgan fingerprint density at radius 3 is 2.46 bits per heavy atom. The molecule has 0 bridgehead atoms. The maximum Gasteiger partial charge on any atom is 0.219 e. The minimum Gasteiger partial charge on any atom is -0.380 e. The molecule has 0 spiro atoms. The van der Waals surface area contributed by atoms with Gasteiger partial charge in [0.25, 0.3) is 0 Å². The van der Waals surface area contributed by atoms with Crippen molar-refractivity contribution in [2.45, 2.75) is 31.6 Å². The first-order valence-electron chi connectivity index (χ1n) is 4.51. The maximum absolute atomic E-state index is 11.8. The normalized spacial score (nSPS) is 24.5. The third-order valence-electron chi connectivity index (χ3n) is 2.44. The van der Waals surface area contributed by atoms with Gasteiger partial charge in [-0.15, -0.1) is 0 Å². The summed E-state index contributed by atoms with van der Waals surface area (Å²) in [6.45, 7) is 4.65. The Hall–Kier alpha value is -0.130. The molecule has 0 radical (unpaired) electrons. The van der Waals surface area contributed by atoms with Crippen LogP contribution in [0.5, 0.6) is 0 Å². The first kappa shape index (κ1) is 10.9. The Kier molecular flexibility index (Phi) is 3.32. The molecule has 0 aromatic carbocycles. The van der Waals surface area contributed by atoms with Crippen LogP contribution in [0.1, 0.15) is 20.3 Å². The Morgan fingerprint density at radius 1 is 1.46 bits per heavy atom. The van der Waals surface area contributed by atoms with Gasteiger partial charge in [-0.2, -0.15) is 0 Å². The van der Waals surface area contributed by atoms with E-state index in [2.05, 4.69) is 0 Å². The Labute approximate surface area is 79.9 Å². The van der Waals surface area contributed by atoms with Crippen LogP contribution in [0.2, 0.25) is 0 Å². The van der Waals surface area contributed by atoms with E-state index in [1.54, 1.807) is 7.05 Å². The molecular weight excluding hydrogens is 190 g/mol. The molecule has 1 rings (SSSR count). The monoisotopic (exact) mass is 207 g/mol. The highest BCUT2D eigenvalue weighted by atomic mass is 32.2. The lowest BCUT2D eigenvalue weighted by Crippen LogP contribution is -2.40. The highest BCUT2D eigenvalue weighted by Gasteiger charge is 2.33. The lowest BCUT2D eigenvalue weighted by molar-refractivity contribution is 0.198. The van der Waals surface area contributed by atoms with E-state index in [0.29, 0.717) is 19.6 Å². The second kappa shape index (κ2) is 3.94. The lowest BCUT2D eigenvalue weighted by Gasteiger charge is -2.23. The summed E-state index contributed by atoms with van der Waals surface area (Å²) in [5, 5.41) is -0.333. The summed E-state index contributed by atoms with van der Waals surface area (Å²) >= 11 is 0. The van der Waals surface area contributed by atoms with Crippen LogP contribution in [0.4, 0.5) is 0 Å². The van der Waals surface area contributed by atoms with E-state index in [9.17, 15) is 8.42 Å².